The fourth-order valence-corrected chi connectivity index (χ4v) is 2.27. The van der Waals surface area contributed by atoms with E-state index in [2.05, 4.69) is 4.98 Å². The van der Waals surface area contributed by atoms with E-state index in [1.165, 1.54) is 13.3 Å². The molecule has 0 N–H and O–H groups in total. The normalized spacial score (nSPS) is 12.7. The van der Waals surface area contributed by atoms with Crippen molar-refractivity contribution in [3.8, 4) is 0 Å². The number of fused-ring (bicyclic) bond motifs is 1. The topological polar surface area (TPSA) is 65.5 Å². The second-order valence-electron chi connectivity index (χ2n) is 6.17. The van der Waals surface area contributed by atoms with E-state index in [-0.39, 0.29) is 0 Å². The molecule has 118 valence electrons. The van der Waals surface area contributed by atoms with Gasteiger partial charge < -0.3 is 9.47 Å². The summed E-state index contributed by atoms with van der Waals surface area (Å²) in [6.07, 6.45) is 1.54. The van der Waals surface area contributed by atoms with Gasteiger partial charge >= 0.3 is 11.9 Å². The van der Waals surface area contributed by atoms with Gasteiger partial charge in [0.05, 0.1) is 12.6 Å². The minimum absolute atomic E-state index is 0.461. The van der Waals surface area contributed by atoms with E-state index in [4.69, 9.17) is 17.3 Å². The van der Waals surface area contributed by atoms with Crippen LogP contribution in [0.2, 0.25) is 0 Å². The zero-order valence-corrected chi connectivity index (χ0v) is 13.6. The van der Waals surface area contributed by atoms with Gasteiger partial charge in [-0.15, -0.1) is 0 Å². The lowest BCUT2D eigenvalue weighted by molar-refractivity contribution is -0.163. The Balaban J connectivity index is 2.58. The summed E-state index contributed by atoms with van der Waals surface area (Å²) in [6.45, 7) is 5.21. The van der Waals surface area contributed by atoms with Crippen LogP contribution in [-0.2, 0) is 19.1 Å². The van der Waals surface area contributed by atoms with Gasteiger partial charge in [0.2, 0.25) is 0 Å². The number of carbonyl (C=O) groups excluding carboxylic acids is 2. The number of ether oxygens (including phenoxy) is 2. The maximum atomic E-state index is 12.5. The molecule has 0 amide bonds. The Morgan fingerprint density at radius 1 is 1.17 bits per heavy atom. The molecule has 0 aliphatic rings. The molecule has 2 rings (SSSR count). The average Bonchev–Trinajstić information content (AvgIpc) is 2.45. The van der Waals surface area contributed by atoms with Crippen molar-refractivity contribution in [1.29, 1.82) is 0 Å². The summed E-state index contributed by atoms with van der Waals surface area (Å²) in [6, 6.07) is 6.72. The highest BCUT2D eigenvalue weighted by molar-refractivity contribution is 6.33. The molecule has 1 aromatic heterocycles. The van der Waals surface area contributed by atoms with Crippen LogP contribution in [-0.4, -0.2) is 37.5 Å². The first-order valence-corrected chi connectivity index (χ1v) is 7.18. The molecular formula is C17H18BNO4. The number of nitrogens with zero attached hydrogens (tertiary/aromatic N) is 1. The molecule has 1 heterocycles. The summed E-state index contributed by atoms with van der Waals surface area (Å²) in [5, 5.41) is 0.619. The molecule has 1 atom stereocenters. The Hall–Kier alpha value is -2.37. The summed E-state index contributed by atoms with van der Waals surface area (Å²) in [5.74, 6) is -2.54. The van der Waals surface area contributed by atoms with E-state index in [9.17, 15) is 9.59 Å². The number of methoxy groups -OCH3 is 1. The molecule has 1 aromatic carbocycles. The van der Waals surface area contributed by atoms with Crippen LogP contribution in [0.3, 0.4) is 0 Å². The largest absolute Gasteiger partial charge is 0.468 e. The van der Waals surface area contributed by atoms with Gasteiger partial charge in [-0.3, -0.25) is 14.6 Å². The van der Waals surface area contributed by atoms with Crippen molar-refractivity contribution in [3.63, 3.8) is 0 Å². The Labute approximate surface area is 136 Å². The molecule has 0 aliphatic carbocycles. The summed E-state index contributed by atoms with van der Waals surface area (Å²) in [7, 11) is 7.05. The van der Waals surface area contributed by atoms with Gasteiger partial charge in [-0.1, -0.05) is 17.6 Å². The van der Waals surface area contributed by atoms with E-state index in [0.29, 0.717) is 21.9 Å². The van der Waals surface area contributed by atoms with Crippen LogP contribution in [0, 0.1) is 0 Å². The molecule has 0 saturated carbocycles. The van der Waals surface area contributed by atoms with Crippen molar-refractivity contribution in [3.05, 3.63) is 36.0 Å². The maximum absolute atomic E-state index is 12.5. The first-order chi connectivity index (χ1) is 10.7. The summed E-state index contributed by atoms with van der Waals surface area (Å²) >= 11 is 0. The number of hydrogen-bond acceptors (Lipinski definition) is 5. The first-order valence-electron chi connectivity index (χ1n) is 7.18. The first kappa shape index (κ1) is 17.0. The fraction of sp³-hybridized carbons (Fsp3) is 0.353. The van der Waals surface area contributed by atoms with E-state index in [1.807, 2.05) is 0 Å². The van der Waals surface area contributed by atoms with E-state index in [0.717, 1.165) is 0 Å². The van der Waals surface area contributed by atoms with E-state index >= 15 is 0 Å². The third-order valence-corrected chi connectivity index (χ3v) is 3.19. The fourth-order valence-electron chi connectivity index (χ4n) is 2.27. The lowest BCUT2D eigenvalue weighted by atomic mass is 9.90. The Bertz CT molecular complexity index is 752. The zero-order chi connectivity index (χ0) is 17.2. The molecule has 5 nitrogen and oxygen atoms in total. The highest BCUT2D eigenvalue weighted by Crippen LogP contribution is 2.27. The molecular weight excluding hydrogens is 293 g/mol. The number of esters is 2. The number of pyridine rings is 1. The van der Waals surface area contributed by atoms with Gasteiger partial charge in [0.1, 0.15) is 13.4 Å². The smallest absolute Gasteiger partial charge is 0.325 e. The quantitative estimate of drug-likeness (QED) is 0.490. The van der Waals surface area contributed by atoms with Crippen molar-refractivity contribution in [2.75, 3.05) is 7.11 Å². The number of hydrogen-bond donors (Lipinski definition) is 0. The monoisotopic (exact) mass is 311 g/mol. The lowest BCUT2D eigenvalue weighted by Crippen LogP contribution is -2.32. The molecule has 2 aromatic rings. The molecule has 0 bridgehead atoms. The number of benzene rings is 1. The molecule has 2 radical (unpaired) electrons. The third-order valence-electron chi connectivity index (χ3n) is 3.19. The van der Waals surface area contributed by atoms with Crippen molar-refractivity contribution in [2.45, 2.75) is 32.3 Å². The van der Waals surface area contributed by atoms with Gasteiger partial charge in [0.25, 0.3) is 0 Å². The SMILES string of the molecule is [B]c1ccc2nccc(C(C(=O)OC)C(=O)OC(C)(C)C)c2c1. The van der Waals surface area contributed by atoms with Crippen molar-refractivity contribution in [2.24, 2.45) is 0 Å². The van der Waals surface area contributed by atoms with Crippen LogP contribution in [0.15, 0.2) is 30.5 Å². The Morgan fingerprint density at radius 3 is 2.48 bits per heavy atom. The average molecular weight is 311 g/mol. The van der Waals surface area contributed by atoms with E-state index in [1.54, 1.807) is 45.0 Å². The highest BCUT2D eigenvalue weighted by atomic mass is 16.6. The second-order valence-corrected chi connectivity index (χ2v) is 6.17. The molecule has 6 heteroatoms. The Morgan fingerprint density at radius 2 is 1.87 bits per heavy atom. The number of aromatic nitrogens is 1. The van der Waals surface area contributed by atoms with Crippen LogP contribution in [0.1, 0.15) is 32.3 Å². The van der Waals surface area contributed by atoms with E-state index < -0.39 is 23.5 Å². The van der Waals surface area contributed by atoms with Crippen LogP contribution in [0.25, 0.3) is 10.9 Å². The van der Waals surface area contributed by atoms with Crippen molar-refractivity contribution in [1.82, 2.24) is 4.98 Å². The third kappa shape index (κ3) is 3.89. The number of carbonyl (C=O) groups is 2. The number of rotatable bonds is 3. The molecule has 0 fully saturated rings. The van der Waals surface area contributed by atoms with Crippen molar-refractivity contribution >= 4 is 36.2 Å². The van der Waals surface area contributed by atoms with Crippen LogP contribution >= 0.6 is 0 Å². The second kappa shape index (κ2) is 6.40. The lowest BCUT2D eigenvalue weighted by Gasteiger charge is -2.23. The molecule has 0 spiro atoms. The maximum Gasteiger partial charge on any atom is 0.325 e. The summed E-state index contributed by atoms with van der Waals surface area (Å²) in [5.41, 5.74) is 0.891. The molecule has 0 aliphatic heterocycles. The van der Waals surface area contributed by atoms with Gasteiger partial charge in [-0.05, 0) is 38.5 Å². The Kier molecular flexibility index (Phi) is 4.73. The van der Waals surface area contributed by atoms with Gasteiger partial charge in [-0.2, -0.15) is 0 Å². The summed E-state index contributed by atoms with van der Waals surface area (Å²) in [4.78, 5) is 28.9. The minimum atomic E-state index is -1.19. The van der Waals surface area contributed by atoms with Crippen LogP contribution in [0.4, 0.5) is 0 Å². The highest BCUT2D eigenvalue weighted by Gasteiger charge is 2.35. The van der Waals surface area contributed by atoms with Gasteiger partial charge in [0, 0.05) is 11.6 Å². The summed E-state index contributed by atoms with van der Waals surface area (Å²) < 4.78 is 10.2. The predicted octanol–water partition coefficient (Wildman–Crippen LogP) is 1.63. The van der Waals surface area contributed by atoms with Crippen LogP contribution < -0.4 is 5.46 Å². The minimum Gasteiger partial charge on any atom is -0.468 e. The van der Waals surface area contributed by atoms with Crippen molar-refractivity contribution < 1.29 is 19.1 Å². The predicted molar refractivity (Wildman–Crippen MR) is 87.7 cm³/mol. The molecule has 0 saturated heterocycles. The standard InChI is InChI=1S/C17H18BNO4/c1-17(2,3)23-16(21)14(15(20)22-4)11-7-8-19-13-6-5-10(18)9-12(11)13/h5-9,14H,1-4H3. The molecule has 1 unspecified atom stereocenters. The van der Waals surface area contributed by atoms with Crippen LogP contribution in [0.5, 0.6) is 0 Å². The van der Waals surface area contributed by atoms with Gasteiger partial charge in [-0.25, -0.2) is 0 Å². The molecule has 23 heavy (non-hydrogen) atoms. The zero-order valence-electron chi connectivity index (χ0n) is 13.6. The van der Waals surface area contributed by atoms with Gasteiger partial charge in [0.15, 0.2) is 5.92 Å².